The summed E-state index contributed by atoms with van der Waals surface area (Å²) < 4.78 is 5.14. The molecule has 2 atom stereocenters. The number of halogens is 2. The number of ether oxygens (including phenoxy) is 1. The minimum Gasteiger partial charge on any atom is -0.481 e. The highest BCUT2D eigenvalue weighted by atomic mass is 35.5. The number of aryl methyl sites for hydroxylation is 2. The highest BCUT2D eigenvalue weighted by molar-refractivity contribution is 7.19. The lowest BCUT2D eigenvalue weighted by Crippen LogP contribution is -2.40. The Morgan fingerprint density at radius 3 is 1.98 bits per heavy atom. The van der Waals surface area contributed by atoms with Crippen LogP contribution in [-0.4, -0.2) is 68.6 Å². The number of aliphatic carboxylic acids is 1. The molecule has 0 bridgehead atoms. The first-order valence-corrected chi connectivity index (χ1v) is 16.0. The molecule has 4 aromatic rings. The summed E-state index contributed by atoms with van der Waals surface area (Å²) in [6.45, 7) is 4.13. The zero-order valence-corrected chi connectivity index (χ0v) is 26.0. The van der Waals surface area contributed by atoms with Crippen molar-refractivity contribution in [3.05, 3.63) is 43.8 Å². The van der Waals surface area contributed by atoms with E-state index in [4.69, 9.17) is 33.0 Å². The fraction of sp³-hybridized carbons (Fsp3) is 0.500. The van der Waals surface area contributed by atoms with Gasteiger partial charge in [0.1, 0.15) is 32.6 Å². The number of rotatable bonds is 7. The van der Waals surface area contributed by atoms with Gasteiger partial charge in [-0.3, -0.25) is 9.59 Å². The minimum absolute atomic E-state index is 0.0423. The molecule has 2 unspecified atom stereocenters. The maximum atomic E-state index is 12.9. The molecule has 2 aliphatic carbocycles. The number of nitrogens with zero attached hydrogens (tertiary/aromatic N) is 5. The zero-order chi connectivity index (χ0) is 29.1. The van der Waals surface area contributed by atoms with E-state index in [1.807, 2.05) is 4.90 Å². The van der Waals surface area contributed by atoms with Crippen LogP contribution in [0.15, 0.2) is 12.7 Å². The van der Waals surface area contributed by atoms with Crippen LogP contribution < -0.4 is 0 Å². The molecule has 218 valence electrons. The second kappa shape index (κ2) is 13.2. The molecule has 0 radical (unpaired) electrons. The van der Waals surface area contributed by atoms with Crippen LogP contribution in [-0.2, 0) is 40.0 Å². The van der Waals surface area contributed by atoms with Crippen molar-refractivity contribution in [2.45, 2.75) is 51.9 Å². The number of carboxylic acids is 1. The molecule has 0 saturated carbocycles. The summed E-state index contributed by atoms with van der Waals surface area (Å²) in [4.78, 5) is 46.6. The lowest BCUT2D eigenvalue weighted by Gasteiger charge is -2.29. The van der Waals surface area contributed by atoms with Gasteiger partial charge in [0.05, 0.1) is 23.3 Å². The lowest BCUT2D eigenvalue weighted by atomic mass is 9.87. The highest BCUT2D eigenvalue weighted by Crippen LogP contribution is 2.41. The van der Waals surface area contributed by atoms with Crippen LogP contribution in [0.3, 0.4) is 0 Å². The Morgan fingerprint density at radius 2 is 1.46 bits per heavy atom. The molecule has 6 rings (SSSR count). The fourth-order valence-corrected chi connectivity index (χ4v) is 8.77. The van der Waals surface area contributed by atoms with Crippen molar-refractivity contribution >= 4 is 78.2 Å². The van der Waals surface area contributed by atoms with Gasteiger partial charge in [0.15, 0.2) is 0 Å². The van der Waals surface area contributed by atoms with Crippen molar-refractivity contribution < 1.29 is 19.4 Å². The van der Waals surface area contributed by atoms with Gasteiger partial charge in [-0.15, -0.1) is 22.7 Å². The maximum absolute atomic E-state index is 12.9. The molecule has 1 N–H and O–H groups in total. The summed E-state index contributed by atoms with van der Waals surface area (Å²) in [5.41, 5.74) is 2.39. The molecule has 0 spiro atoms. The van der Waals surface area contributed by atoms with Crippen LogP contribution in [0.1, 0.15) is 47.1 Å². The number of thiophene rings is 2. The van der Waals surface area contributed by atoms with E-state index < -0.39 is 5.97 Å². The van der Waals surface area contributed by atoms with Crippen LogP contribution in [0, 0.1) is 11.8 Å². The summed E-state index contributed by atoms with van der Waals surface area (Å²) in [5, 5.41) is 11.9. The van der Waals surface area contributed by atoms with Crippen LogP contribution in [0.4, 0.5) is 0 Å². The van der Waals surface area contributed by atoms with Crippen molar-refractivity contribution in [1.29, 1.82) is 0 Å². The van der Waals surface area contributed by atoms with Gasteiger partial charge in [-0.1, -0.05) is 30.1 Å². The van der Waals surface area contributed by atoms with E-state index in [-0.39, 0.29) is 17.7 Å². The number of hydrogen-bond donors (Lipinski definition) is 1. The Hall–Kier alpha value is -2.44. The lowest BCUT2D eigenvalue weighted by molar-refractivity contribution is -0.142. The molecule has 0 saturated heterocycles. The maximum Gasteiger partial charge on any atom is 0.306 e. The van der Waals surface area contributed by atoms with Gasteiger partial charge in [-0.05, 0) is 56.1 Å². The molecule has 9 nitrogen and oxygen atoms in total. The van der Waals surface area contributed by atoms with Crippen molar-refractivity contribution in [3.63, 3.8) is 0 Å². The summed E-state index contributed by atoms with van der Waals surface area (Å²) >= 11 is 15.5. The van der Waals surface area contributed by atoms with Crippen LogP contribution in [0.5, 0.6) is 0 Å². The van der Waals surface area contributed by atoms with Gasteiger partial charge in [0, 0.05) is 35.9 Å². The first-order valence-electron chi connectivity index (χ1n) is 13.6. The van der Waals surface area contributed by atoms with E-state index in [9.17, 15) is 9.59 Å². The first-order chi connectivity index (χ1) is 19.8. The van der Waals surface area contributed by atoms with E-state index in [0.717, 1.165) is 69.5 Å². The van der Waals surface area contributed by atoms with E-state index in [0.29, 0.717) is 36.3 Å². The molecule has 13 heteroatoms. The third-order valence-corrected chi connectivity index (χ3v) is 10.6. The summed E-state index contributed by atoms with van der Waals surface area (Å²) in [6, 6.07) is 0. The molecule has 2 aliphatic rings. The molecule has 1 amide bonds. The SMILES string of the molecule is CCCN(CCOC)C(=O)C1CCc2c(sc3ncnc(Cl)c23)C1.O=C(O)C1CCc2c(sc3ncnc(Cl)c23)C1. The highest BCUT2D eigenvalue weighted by Gasteiger charge is 2.31. The van der Waals surface area contributed by atoms with Crippen LogP contribution in [0.25, 0.3) is 20.4 Å². The van der Waals surface area contributed by atoms with Crippen LogP contribution in [0.2, 0.25) is 10.3 Å². The number of amides is 1. The van der Waals surface area contributed by atoms with E-state index in [1.54, 1.807) is 18.4 Å². The van der Waals surface area contributed by atoms with Gasteiger partial charge in [0.25, 0.3) is 0 Å². The number of hydrogen-bond acceptors (Lipinski definition) is 9. The minimum atomic E-state index is -0.717. The molecule has 0 aliphatic heterocycles. The Kier molecular flexibility index (Phi) is 9.70. The Balaban J connectivity index is 0.000000174. The number of aromatic nitrogens is 4. The quantitative estimate of drug-likeness (QED) is 0.251. The standard InChI is InChI=1S/C17H22ClN3O2S.C11H9ClN2O2S/c1-3-6-21(7-8-23-2)17(22)11-4-5-12-13(9-11)24-16-14(12)15(18)19-10-20-16;12-9-8-6-2-1-5(11(15)16)3-7(6)17-10(8)14-4-13-9/h10-11H,3-9H2,1-2H3;4-5H,1-3H2,(H,15,16). The Morgan fingerprint density at radius 1 is 0.927 bits per heavy atom. The summed E-state index contributed by atoms with van der Waals surface area (Å²) in [6.07, 6.45) is 8.41. The van der Waals surface area contributed by atoms with Gasteiger partial charge in [-0.2, -0.15) is 0 Å². The number of methoxy groups -OCH3 is 1. The second-order valence-corrected chi connectivity index (χ2v) is 13.1. The van der Waals surface area contributed by atoms with E-state index >= 15 is 0 Å². The van der Waals surface area contributed by atoms with Gasteiger partial charge >= 0.3 is 5.97 Å². The van der Waals surface area contributed by atoms with Crippen LogP contribution >= 0.6 is 45.9 Å². The second-order valence-electron chi connectivity index (χ2n) is 10.2. The monoisotopic (exact) mass is 635 g/mol. The number of carbonyl (C=O) groups is 2. The van der Waals surface area contributed by atoms with Crippen molar-refractivity contribution in [2.24, 2.45) is 11.8 Å². The van der Waals surface area contributed by atoms with Gasteiger partial charge < -0.3 is 14.7 Å². The van der Waals surface area contributed by atoms with E-state index in [1.165, 1.54) is 34.4 Å². The van der Waals surface area contributed by atoms with Gasteiger partial charge in [-0.25, -0.2) is 19.9 Å². The number of fused-ring (bicyclic) bond motifs is 6. The predicted octanol–water partition coefficient (Wildman–Crippen LogP) is 5.87. The van der Waals surface area contributed by atoms with Gasteiger partial charge in [0.2, 0.25) is 5.91 Å². The molecule has 0 fully saturated rings. The molecular weight excluding hydrogens is 605 g/mol. The third-order valence-electron chi connectivity index (χ3n) is 7.67. The number of carboxylic acid groups (broad SMARTS) is 1. The molecule has 41 heavy (non-hydrogen) atoms. The van der Waals surface area contributed by atoms with Crippen molar-refractivity contribution in [2.75, 3.05) is 26.8 Å². The Labute approximate surface area is 255 Å². The molecule has 4 heterocycles. The van der Waals surface area contributed by atoms with Crippen molar-refractivity contribution in [1.82, 2.24) is 24.8 Å². The summed E-state index contributed by atoms with van der Waals surface area (Å²) in [5.74, 6) is -0.706. The topological polar surface area (TPSA) is 118 Å². The smallest absolute Gasteiger partial charge is 0.306 e. The summed E-state index contributed by atoms with van der Waals surface area (Å²) in [7, 11) is 1.67. The van der Waals surface area contributed by atoms with E-state index in [2.05, 4.69) is 26.9 Å². The average molecular weight is 637 g/mol. The Bertz CT molecular complexity index is 1580. The largest absolute Gasteiger partial charge is 0.481 e. The zero-order valence-electron chi connectivity index (χ0n) is 22.9. The average Bonchev–Trinajstić information content (AvgIpc) is 3.54. The van der Waals surface area contributed by atoms with Crippen molar-refractivity contribution in [3.8, 4) is 0 Å². The normalized spacial score (nSPS) is 18.0. The third kappa shape index (κ3) is 6.34. The predicted molar refractivity (Wildman–Crippen MR) is 162 cm³/mol. The fourth-order valence-electron chi connectivity index (χ4n) is 5.63. The molecule has 0 aromatic carbocycles. The molecule has 4 aromatic heterocycles. The molecular formula is C28H31Cl2N5O4S2. The first kappa shape index (κ1) is 30.0. The number of carbonyl (C=O) groups excluding carboxylic acids is 1.